The van der Waals surface area contributed by atoms with E-state index in [9.17, 15) is 14.4 Å². The van der Waals surface area contributed by atoms with Crippen LogP contribution in [0.25, 0.3) is 0 Å². The Balaban J connectivity index is 5.66. The maximum absolute atomic E-state index is 12.4. The second-order valence-corrected chi connectivity index (χ2v) is 7.25. The van der Waals surface area contributed by atoms with Crippen molar-refractivity contribution in [2.75, 3.05) is 14.2 Å². The molecule has 0 saturated heterocycles. The van der Waals surface area contributed by atoms with Crippen molar-refractivity contribution in [1.82, 2.24) is 0 Å². The van der Waals surface area contributed by atoms with Gasteiger partial charge in [0.2, 0.25) is 0 Å². The lowest BCUT2D eigenvalue weighted by molar-refractivity contribution is -0.162. The van der Waals surface area contributed by atoms with Crippen LogP contribution in [0.5, 0.6) is 0 Å². The molecule has 2 unspecified atom stereocenters. The molecule has 0 bridgehead atoms. The summed E-state index contributed by atoms with van der Waals surface area (Å²) in [5, 5.41) is 0. The lowest BCUT2D eigenvalue weighted by Crippen LogP contribution is -2.43. The number of Topliss-reactive ketones (excluding diaryl/α,β-unsaturated/α-hetero) is 1. The quantitative estimate of drug-likeness (QED) is 0.644. The zero-order chi connectivity index (χ0) is 17.8. The Bertz CT molecular complexity index is 440. The summed E-state index contributed by atoms with van der Waals surface area (Å²) in [6, 6.07) is 0. The predicted octanol–water partition coefficient (Wildman–Crippen LogP) is 3.15. The monoisotopic (exact) mass is 314 g/mol. The van der Waals surface area contributed by atoms with E-state index in [1.165, 1.54) is 21.1 Å². The number of carbonyl (C=O) groups excluding carboxylic acids is 3. The minimum Gasteiger partial charge on any atom is -0.469 e. The molecular formula is C17H30O5. The number of methoxy groups -OCH3 is 2. The number of rotatable bonds is 8. The van der Waals surface area contributed by atoms with Gasteiger partial charge in [-0.25, -0.2) is 0 Å². The van der Waals surface area contributed by atoms with Crippen molar-refractivity contribution in [3.8, 4) is 0 Å². The molecule has 0 heterocycles. The summed E-state index contributed by atoms with van der Waals surface area (Å²) in [5.74, 6) is -0.768. The number of carbonyl (C=O) groups is 3. The van der Waals surface area contributed by atoms with Crippen LogP contribution in [-0.4, -0.2) is 31.9 Å². The molecule has 22 heavy (non-hydrogen) atoms. The third kappa shape index (κ3) is 4.55. The summed E-state index contributed by atoms with van der Waals surface area (Å²) < 4.78 is 9.76. The van der Waals surface area contributed by atoms with Crippen LogP contribution in [0.2, 0.25) is 0 Å². The van der Waals surface area contributed by atoms with Crippen LogP contribution in [0.1, 0.15) is 60.8 Å². The fourth-order valence-corrected chi connectivity index (χ4v) is 3.14. The standard InChI is InChI=1S/C17H30O5/c1-9-16(5,12(2)18)11-17(6,14(20)22-8)10-15(3,4)13(19)21-7/h9-11H2,1-8H3. The first kappa shape index (κ1) is 20.6. The second-order valence-electron chi connectivity index (χ2n) is 7.25. The summed E-state index contributed by atoms with van der Waals surface area (Å²) in [6.45, 7) is 10.5. The zero-order valence-corrected chi connectivity index (χ0v) is 15.2. The number of ketones is 1. The van der Waals surface area contributed by atoms with Gasteiger partial charge < -0.3 is 9.47 Å². The average Bonchev–Trinajstić information content (AvgIpc) is 2.43. The van der Waals surface area contributed by atoms with Gasteiger partial charge in [-0.15, -0.1) is 0 Å². The van der Waals surface area contributed by atoms with Crippen LogP contribution in [0.4, 0.5) is 0 Å². The molecule has 5 heteroatoms. The molecule has 0 amide bonds. The lowest BCUT2D eigenvalue weighted by atomic mass is 9.64. The molecule has 0 aromatic heterocycles. The first-order valence-electron chi connectivity index (χ1n) is 7.56. The maximum Gasteiger partial charge on any atom is 0.311 e. The van der Waals surface area contributed by atoms with Gasteiger partial charge in [0.1, 0.15) is 5.78 Å². The van der Waals surface area contributed by atoms with Crippen LogP contribution in [0, 0.1) is 16.2 Å². The molecule has 0 spiro atoms. The van der Waals surface area contributed by atoms with Crippen molar-refractivity contribution in [2.24, 2.45) is 16.2 Å². The number of ether oxygens (including phenoxy) is 2. The highest BCUT2D eigenvalue weighted by Crippen LogP contribution is 2.45. The third-order valence-electron chi connectivity index (χ3n) is 4.66. The van der Waals surface area contributed by atoms with Gasteiger partial charge in [-0.05, 0) is 47.0 Å². The molecule has 5 nitrogen and oxygen atoms in total. The molecule has 0 aliphatic rings. The summed E-state index contributed by atoms with van der Waals surface area (Å²) in [5.41, 5.74) is -2.42. The van der Waals surface area contributed by atoms with Crippen molar-refractivity contribution in [1.29, 1.82) is 0 Å². The third-order valence-corrected chi connectivity index (χ3v) is 4.66. The maximum atomic E-state index is 12.4. The SMILES string of the molecule is CCC(C)(CC(C)(CC(C)(C)C(=O)OC)C(=O)OC)C(C)=O. The van der Waals surface area contributed by atoms with E-state index in [-0.39, 0.29) is 18.2 Å². The van der Waals surface area contributed by atoms with Crippen molar-refractivity contribution in [3.05, 3.63) is 0 Å². The van der Waals surface area contributed by atoms with Gasteiger partial charge in [0.15, 0.2) is 0 Å². The molecule has 0 fully saturated rings. The van der Waals surface area contributed by atoms with E-state index in [0.717, 1.165) is 0 Å². The Morgan fingerprint density at radius 2 is 1.27 bits per heavy atom. The van der Waals surface area contributed by atoms with Gasteiger partial charge in [-0.2, -0.15) is 0 Å². The molecule has 0 N–H and O–H groups in total. The summed E-state index contributed by atoms with van der Waals surface area (Å²) >= 11 is 0. The van der Waals surface area contributed by atoms with E-state index >= 15 is 0 Å². The molecule has 0 rings (SSSR count). The van der Waals surface area contributed by atoms with E-state index in [4.69, 9.17) is 9.47 Å². The number of esters is 2. The average molecular weight is 314 g/mol. The number of hydrogen-bond donors (Lipinski definition) is 0. The van der Waals surface area contributed by atoms with Crippen molar-refractivity contribution < 1.29 is 23.9 Å². The van der Waals surface area contributed by atoms with Gasteiger partial charge in [-0.1, -0.05) is 13.8 Å². The topological polar surface area (TPSA) is 69.7 Å². The fraction of sp³-hybridized carbons (Fsp3) is 0.824. The van der Waals surface area contributed by atoms with Crippen LogP contribution >= 0.6 is 0 Å². The van der Waals surface area contributed by atoms with Crippen LogP contribution in [0.15, 0.2) is 0 Å². The molecule has 2 atom stereocenters. The van der Waals surface area contributed by atoms with Gasteiger partial charge in [0, 0.05) is 5.41 Å². The highest BCUT2D eigenvalue weighted by Gasteiger charge is 2.48. The van der Waals surface area contributed by atoms with Crippen molar-refractivity contribution >= 4 is 17.7 Å². The van der Waals surface area contributed by atoms with E-state index in [1.54, 1.807) is 20.8 Å². The molecular weight excluding hydrogens is 284 g/mol. The summed E-state index contributed by atoms with van der Waals surface area (Å²) in [7, 11) is 2.65. The van der Waals surface area contributed by atoms with E-state index < -0.39 is 22.2 Å². The van der Waals surface area contributed by atoms with E-state index in [0.29, 0.717) is 12.8 Å². The predicted molar refractivity (Wildman–Crippen MR) is 84.2 cm³/mol. The zero-order valence-electron chi connectivity index (χ0n) is 15.2. The molecule has 0 aliphatic carbocycles. The molecule has 128 valence electrons. The van der Waals surface area contributed by atoms with Crippen LogP contribution in [-0.2, 0) is 23.9 Å². The largest absolute Gasteiger partial charge is 0.469 e. The molecule has 0 saturated carbocycles. The molecule has 0 aliphatic heterocycles. The minimum absolute atomic E-state index is 0.0287. The molecule has 0 aromatic rings. The van der Waals surface area contributed by atoms with Crippen LogP contribution < -0.4 is 0 Å². The Morgan fingerprint density at radius 1 is 0.818 bits per heavy atom. The summed E-state index contributed by atoms with van der Waals surface area (Å²) in [6.07, 6.45) is 1.20. The highest BCUT2D eigenvalue weighted by atomic mass is 16.5. The highest BCUT2D eigenvalue weighted by molar-refractivity contribution is 5.84. The summed E-state index contributed by atoms with van der Waals surface area (Å²) in [4.78, 5) is 36.3. The first-order valence-corrected chi connectivity index (χ1v) is 7.56. The van der Waals surface area contributed by atoms with Crippen LogP contribution in [0.3, 0.4) is 0 Å². The Labute approximate surface area is 133 Å². The van der Waals surface area contributed by atoms with Gasteiger partial charge in [0.05, 0.1) is 25.0 Å². The smallest absolute Gasteiger partial charge is 0.311 e. The molecule has 0 aromatic carbocycles. The second kappa shape index (κ2) is 7.25. The first-order chi connectivity index (χ1) is 9.88. The van der Waals surface area contributed by atoms with E-state index in [1.807, 2.05) is 13.8 Å². The Morgan fingerprint density at radius 3 is 1.59 bits per heavy atom. The Kier molecular flexibility index (Phi) is 6.79. The van der Waals surface area contributed by atoms with E-state index in [2.05, 4.69) is 0 Å². The van der Waals surface area contributed by atoms with Crippen molar-refractivity contribution in [2.45, 2.75) is 60.8 Å². The van der Waals surface area contributed by atoms with Gasteiger partial charge in [-0.3, -0.25) is 14.4 Å². The lowest BCUT2D eigenvalue weighted by Gasteiger charge is -2.39. The Hall–Kier alpha value is -1.39. The minimum atomic E-state index is -0.942. The molecule has 0 radical (unpaired) electrons. The van der Waals surface area contributed by atoms with Gasteiger partial charge >= 0.3 is 11.9 Å². The normalized spacial score (nSPS) is 17.1. The number of hydrogen-bond acceptors (Lipinski definition) is 5. The van der Waals surface area contributed by atoms with Crippen molar-refractivity contribution in [3.63, 3.8) is 0 Å². The van der Waals surface area contributed by atoms with Gasteiger partial charge in [0.25, 0.3) is 0 Å². The fourth-order valence-electron chi connectivity index (χ4n) is 3.14.